The Morgan fingerprint density at radius 3 is 2.46 bits per heavy atom. The van der Waals surface area contributed by atoms with Crippen LogP contribution in [0.15, 0.2) is 47.1 Å². The standard InChI is InChI=1S/C20H24N2O2/c1-5-13-21(15-19-8-7-14-24-19)20(23)17-9-11-18(12-10-17)22(6-2)16(3)4/h1,7-12,14,16H,6,13,15H2,2-4H3. The molecule has 126 valence electrons. The summed E-state index contributed by atoms with van der Waals surface area (Å²) in [6.07, 6.45) is 7.00. The Balaban J connectivity index is 2.16. The molecule has 1 heterocycles. The van der Waals surface area contributed by atoms with Gasteiger partial charge in [-0.3, -0.25) is 4.79 Å². The molecule has 0 aliphatic rings. The number of furan rings is 1. The fourth-order valence-electron chi connectivity index (χ4n) is 2.72. The van der Waals surface area contributed by atoms with Crippen molar-refractivity contribution in [3.63, 3.8) is 0 Å². The summed E-state index contributed by atoms with van der Waals surface area (Å²) in [7, 11) is 0. The van der Waals surface area contributed by atoms with Crippen LogP contribution in [0.25, 0.3) is 0 Å². The molecule has 0 unspecified atom stereocenters. The van der Waals surface area contributed by atoms with Gasteiger partial charge < -0.3 is 14.2 Å². The second-order valence-corrected chi connectivity index (χ2v) is 5.87. The van der Waals surface area contributed by atoms with E-state index in [4.69, 9.17) is 10.8 Å². The topological polar surface area (TPSA) is 36.7 Å². The van der Waals surface area contributed by atoms with Crippen LogP contribution in [-0.2, 0) is 6.54 Å². The molecule has 0 atom stereocenters. The molecule has 0 radical (unpaired) electrons. The van der Waals surface area contributed by atoms with Crippen LogP contribution >= 0.6 is 0 Å². The van der Waals surface area contributed by atoms with Crippen LogP contribution < -0.4 is 4.90 Å². The smallest absolute Gasteiger partial charge is 0.255 e. The number of nitrogens with zero attached hydrogens (tertiary/aromatic N) is 2. The average Bonchev–Trinajstić information content (AvgIpc) is 3.08. The van der Waals surface area contributed by atoms with Crippen molar-refractivity contribution >= 4 is 11.6 Å². The molecule has 1 aromatic carbocycles. The van der Waals surface area contributed by atoms with E-state index in [9.17, 15) is 4.79 Å². The van der Waals surface area contributed by atoms with Crippen LogP contribution in [0, 0.1) is 12.3 Å². The lowest BCUT2D eigenvalue weighted by Gasteiger charge is -2.27. The summed E-state index contributed by atoms with van der Waals surface area (Å²) in [4.78, 5) is 16.6. The lowest BCUT2D eigenvalue weighted by molar-refractivity contribution is 0.0755. The molecule has 0 spiro atoms. The second kappa shape index (κ2) is 8.26. The number of rotatable bonds is 7. The molecule has 0 bridgehead atoms. The SMILES string of the molecule is C#CCN(Cc1ccco1)C(=O)c1ccc(N(CC)C(C)C)cc1. The lowest BCUT2D eigenvalue weighted by atomic mass is 10.1. The Hall–Kier alpha value is -2.67. The maximum atomic E-state index is 12.7. The van der Waals surface area contributed by atoms with E-state index in [-0.39, 0.29) is 12.5 Å². The highest BCUT2D eigenvalue weighted by Crippen LogP contribution is 2.19. The third kappa shape index (κ3) is 4.20. The van der Waals surface area contributed by atoms with Crippen molar-refractivity contribution in [1.82, 2.24) is 4.90 Å². The zero-order valence-electron chi connectivity index (χ0n) is 14.5. The number of terminal acetylenes is 1. The van der Waals surface area contributed by atoms with Crippen molar-refractivity contribution in [2.45, 2.75) is 33.4 Å². The van der Waals surface area contributed by atoms with Crippen molar-refractivity contribution in [3.8, 4) is 12.3 Å². The van der Waals surface area contributed by atoms with E-state index < -0.39 is 0 Å². The minimum absolute atomic E-state index is 0.0940. The van der Waals surface area contributed by atoms with Gasteiger partial charge in [-0.25, -0.2) is 0 Å². The molecule has 0 fully saturated rings. The number of anilines is 1. The molecule has 1 aromatic heterocycles. The first-order valence-corrected chi connectivity index (χ1v) is 8.18. The van der Waals surface area contributed by atoms with Crippen molar-refractivity contribution in [1.29, 1.82) is 0 Å². The molecule has 0 aliphatic heterocycles. The minimum atomic E-state index is -0.0940. The predicted molar refractivity (Wildman–Crippen MR) is 96.9 cm³/mol. The summed E-state index contributed by atoms with van der Waals surface area (Å²) in [5.41, 5.74) is 1.74. The number of benzene rings is 1. The average molecular weight is 324 g/mol. The van der Waals surface area contributed by atoms with E-state index in [0.29, 0.717) is 23.9 Å². The molecule has 0 saturated carbocycles. The molecular weight excluding hydrogens is 300 g/mol. The van der Waals surface area contributed by atoms with Gasteiger partial charge in [-0.05, 0) is 57.2 Å². The van der Waals surface area contributed by atoms with Crippen LogP contribution in [-0.4, -0.2) is 29.9 Å². The van der Waals surface area contributed by atoms with Crippen LogP contribution in [0.5, 0.6) is 0 Å². The summed E-state index contributed by atoms with van der Waals surface area (Å²) in [5.74, 6) is 3.16. The third-order valence-corrected chi connectivity index (χ3v) is 3.91. The highest BCUT2D eigenvalue weighted by molar-refractivity contribution is 5.94. The zero-order chi connectivity index (χ0) is 17.5. The summed E-state index contributed by atoms with van der Waals surface area (Å²) in [6.45, 7) is 7.96. The fourth-order valence-corrected chi connectivity index (χ4v) is 2.72. The van der Waals surface area contributed by atoms with Gasteiger partial charge >= 0.3 is 0 Å². The van der Waals surface area contributed by atoms with Gasteiger partial charge in [0.05, 0.1) is 19.4 Å². The first kappa shape index (κ1) is 17.7. The number of amides is 1. The van der Waals surface area contributed by atoms with Gasteiger partial charge in [0.15, 0.2) is 0 Å². The van der Waals surface area contributed by atoms with Gasteiger partial charge in [-0.1, -0.05) is 5.92 Å². The highest BCUT2D eigenvalue weighted by atomic mass is 16.3. The van der Waals surface area contributed by atoms with Crippen LogP contribution in [0.4, 0.5) is 5.69 Å². The van der Waals surface area contributed by atoms with E-state index >= 15 is 0 Å². The van der Waals surface area contributed by atoms with Crippen LogP contribution in [0.2, 0.25) is 0 Å². The second-order valence-electron chi connectivity index (χ2n) is 5.87. The summed E-state index contributed by atoms with van der Waals surface area (Å²) in [5, 5.41) is 0. The Bertz CT molecular complexity index is 681. The van der Waals surface area contributed by atoms with Crippen molar-refractivity contribution in [2.24, 2.45) is 0 Å². The molecular formula is C20H24N2O2. The summed E-state index contributed by atoms with van der Waals surface area (Å²) >= 11 is 0. The molecule has 0 saturated heterocycles. The summed E-state index contributed by atoms with van der Waals surface area (Å²) in [6, 6.07) is 11.7. The van der Waals surface area contributed by atoms with Gasteiger partial charge in [0.1, 0.15) is 5.76 Å². The molecule has 0 N–H and O–H groups in total. The quantitative estimate of drug-likeness (QED) is 0.727. The molecule has 2 aromatic rings. The molecule has 2 rings (SSSR count). The Morgan fingerprint density at radius 2 is 1.96 bits per heavy atom. The number of hydrogen-bond acceptors (Lipinski definition) is 3. The molecule has 4 nitrogen and oxygen atoms in total. The maximum Gasteiger partial charge on any atom is 0.255 e. The van der Waals surface area contributed by atoms with Gasteiger partial charge in [0.25, 0.3) is 5.91 Å². The van der Waals surface area contributed by atoms with E-state index in [2.05, 4.69) is 31.6 Å². The molecule has 0 aliphatic carbocycles. The van der Waals surface area contributed by atoms with Crippen LogP contribution in [0.1, 0.15) is 36.9 Å². The van der Waals surface area contributed by atoms with Gasteiger partial charge in [0.2, 0.25) is 0 Å². The van der Waals surface area contributed by atoms with E-state index in [1.807, 2.05) is 30.3 Å². The zero-order valence-corrected chi connectivity index (χ0v) is 14.5. The molecule has 4 heteroatoms. The highest BCUT2D eigenvalue weighted by Gasteiger charge is 2.17. The number of carbonyl (C=O) groups excluding carboxylic acids is 1. The molecule has 24 heavy (non-hydrogen) atoms. The predicted octanol–water partition coefficient (Wildman–Crippen LogP) is 3.79. The number of hydrogen-bond donors (Lipinski definition) is 0. The van der Waals surface area contributed by atoms with E-state index in [0.717, 1.165) is 12.2 Å². The largest absolute Gasteiger partial charge is 0.467 e. The number of carbonyl (C=O) groups is 1. The summed E-state index contributed by atoms with van der Waals surface area (Å²) < 4.78 is 5.32. The van der Waals surface area contributed by atoms with Gasteiger partial charge in [0, 0.05) is 23.8 Å². The Morgan fingerprint density at radius 1 is 1.25 bits per heavy atom. The van der Waals surface area contributed by atoms with E-state index in [1.54, 1.807) is 17.2 Å². The monoisotopic (exact) mass is 324 g/mol. The Kier molecular flexibility index (Phi) is 6.08. The third-order valence-electron chi connectivity index (χ3n) is 3.91. The van der Waals surface area contributed by atoms with E-state index in [1.165, 1.54) is 0 Å². The fraction of sp³-hybridized carbons (Fsp3) is 0.350. The van der Waals surface area contributed by atoms with Gasteiger partial charge in [-0.15, -0.1) is 6.42 Å². The van der Waals surface area contributed by atoms with Crippen molar-refractivity contribution in [3.05, 3.63) is 54.0 Å². The Labute approximate surface area is 144 Å². The minimum Gasteiger partial charge on any atom is -0.467 e. The van der Waals surface area contributed by atoms with Crippen molar-refractivity contribution in [2.75, 3.05) is 18.0 Å². The van der Waals surface area contributed by atoms with Crippen molar-refractivity contribution < 1.29 is 9.21 Å². The van der Waals surface area contributed by atoms with Crippen LogP contribution in [0.3, 0.4) is 0 Å². The lowest BCUT2D eigenvalue weighted by Crippen LogP contribution is -2.31. The first-order valence-electron chi connectivity index (χ1n) is 8.18. The van der Waals surface area contributed by atoms with Gasteiger partial charge in [-0.2, -0.15) is 0 Å². The first-order chi connectivity index (χ1) is 11.6. The molecule has 1 amide bonds. The maximum absolute atomic E-state index is 12.7. The normalized spacial score (nSPS) is 10.5.